The molecular weight excluding hydrogens is 268 g/mol. The topological polar surface area (TPSA) is 72.2 Å². The first-order valence-electron chi connectivity index (χ1n) is 7.03. The first kappa shape index (κ1) is 13.5. The molecule has 1 aliphatic rings. The van der Waals surface area contributed by atoms with Crippen LogP contribution in [0.2, 0.25) is 0 Å². The van der Waals surface area contributed by atoms with Crippen LogP contribution in [0.5, 0.6) is 0 Å². The van der Waals surface area contributed by atoms with Gasteiger partial charge in [-0.2, -0.15) is 5.10 Å². The van der Waals surface area contributed by atoms with Crippen molar-refractivity contribution in [1.82, 2.24) is 9.78 Å². The van der Waals surface area contributed by atoms with Crippen molar-refractivity contribution < 1.29 is 9.90 Å². The van der Waals surface area contributed by atoms with Gasteiger partial charge < -0.3 is 5.11 Å². The number of benzene rings is 1. The molecule has 0 bridgehead atoms. The predicted molar refractivity (Wildman–Crippen MR) is 78.2 cm³/mol. The molecular formula is C16H16N2O3. The fourth-order valence-electron chi connectivity index (χ4n) is 2.90. The van der Waals surface area contributed by atoms with E-state index in [1.54, 1.807) is 11.6 Å². The van der Waals surface area contributed by atoms with Crippen molar-refractivity contribution in [3.05, 3.63) is 57.0 Å². The summed E-state index contributed by atoms with van der Waals surface area (Å²) in [5, 5.41) is 13.1. The van der Waals surface area contributed by atoms with Gasteiger partial charge in [-0.05, 0) is 49.8 Å². The Morgan fingerprint density at radius 3 is 2.81 bits per heavy atom. The number of nitrogens with zero attached hydrogens (tertiary/aromatic N) is 2. The van der Waals surface area contributed by atoms with E-state index in [9.17, 15) is 9.59 Å². The SMILES string of the molecule is Cc1cc(=O)c(C(=O)O)nn1-c1cccc2c1CCCC2. The molecule has 5 heteroatoms. The zero-order valence-corrected chi connectivity index (χ0v) is 11.8. The highest BCUT2D eigenvalue weighted by atomic mass is 16.4. The normalized spacial score (nSPS) is 13.8. The summed E-state index contributed by atoms with van der Waals surface area (Å²) in [6, 6.07) is 7.33. The lowest BCUT2D eigenvalue weighted by molar-refractivity contribution is 0.0686. The predicted octanol–water partition coefficient (Wildman–Crippen LogP) is 2.12. The molecule has 108 valence electrons. The third-order valence-corrected chi connectivity index (χ3v) is 3.91. The monoisotopic (exact) mass is 284 g/mol. The van der Waals surface area contributed by atoms with Crippen LogP contribution in [0.4, 0.5) is 0 Å². The molecule has 3 rings (SSSR count). The van der Waals surface area contributed by atoms with Crippen molar-refractivity contribution in [2.75, 3.05) is 0 Å². The fraction of sp³-hybridized carbons (Fsp3) is 0.312. The van der Waals surface area contributed by atoms with Gasteiger partial charge >= 0.3 is 5.97 Å². The molecule has 0 saturated carbocycles. The van der Waals surface area contributed by atoms with Crippen LogP contribution >= 0.6 is 0 Å². The number of carboxylic acid groups (broad SMARTS) is 1. The molecule has 0 amide bonds. The molecule has 1 aromatic carbocycles. The van der Waals surface area contributed by atoms with Crippen molar-refractivity contribution in [1.29, 1.82) is 0 Å². The molecule has 2 aromatic rings. The minimum atomic E-state index is -1.29. The highest BCUT2D eigenvalue weighted by Crippen LogP contribution is 2.26. The van der Waals surface area contributed by atoms with Gasteiger partial charge in [0.25, 0.3) is 0 Å². The summed E-state index contributed by atoms with van der Waals surface area (Å²) >= 11 is 0. The van der Waals surface area contributed by atoms with Crippen LogP contribution in [0.15, 0.2) is 29.1 Å². The standard InChI is InChI=1S/C16H16N2O3/c1-10-9-14(19)15(16(20)21)17-18(10)13-8-4-6-11-5-2-3-7-12(11)13/h4,6,8-9H,2-3,5,7H2,1H3,(H,20,21). The third kappa shape index (κ3) is 2.35. The van der Waals surface area contributed by atoms with Gasteiger partial charge in [-0.1, -0.05) is 12.1 Å². The molecule has 1 aromatic heterocycles. The van der Waals surface area contributed by atoms with E-state index in [1.807, 2.05) is 12.1 Å². The maximum atomic E-state index is 11.7. The van der Waals surface area contributed by atoms with Crippen LogP contribution in [0.25, 0.3) is 5.69 Å². The molecule has 0 fully saturated rings. The summed E-state index contributed by atoms with van der Waals surface area (Å²) in [4.78, 5) is 22.8. The molecule has 0 atom stereocenters. The number of carboxylic acids is 1. The number of rotatable bonds is 2. The van der Waals surface area contributed by atoms with Crippen LogP contribution in [-0.2, 0) is 12.8 Å². The molecule has 1 aliphatic carbocycles. The molecule has 1 heterocycles. The van der Waals surface area contributed by atoms with E-state index in [1.165, 1.54) is 23.6 Å². The highest BCUT2D eigenvalue weighted by molar-refractivity contribution is 5.85. The van der Waals surface area contributed by atoms with Gasteiger partial charge in [-0.3, -0.25) is 4.79 Å². The number of aryl methyl sites for hydroxylation is 2. The molecule has 0 radical (unpaired) electrons. The molecule has 0 unspecified atom stereocenters. The van der Waals surface area contributed by atoms with Crippen molar-refractivity contribution in [3.8, 4) is 5.69 Å². The van der Waals surface area contributed by atoms with E-state index in [2.05, 4.69) is 11.2 Å². The van der Waals surface area contributed by atoms with Crippen LogP contribution in [-0.4, -0.2) is 20.9 Å². The zero-order valence-electron chi connectivity index (χ0n) is 11.8. The smallest absolute Gasteiger partial charge is 0.360 e. The number of hydrogen-bond donors (Lipinski definition) is 1. The maximum Gasteiger partial charge on any atom is 0.360 e. The Morgan fingerprint density at radius 1 is 1.29 bits per heavy atom. The average Bonchev–Trinajstić information content (AvgIpc) is 2.46. The van der Waals surface area contributed by atoms with Gasteiger partial charge in [0.05, 0.1) is 5.69 Å². The zero-order chi connectivity index (χ0) is 15.0. The lowest BCUT2D eigenvalue weighted by atomic mass is 9.90. The second kappa shape index (κ2) is 5.16. The lowest BCUT2D eigenvalue weighted by Crippen LogP contribution is -2.23. The number of aromatic nitrogens is 2. The lowest BCUT2D eigenvalue weighted by Gasteiger charge is -2.21. The summed E-state index contributed by atoms with van der Waals surface area (Å²) in [5.41, 5.74) is 3.03. The molecule has 21 heavy (non-hydrogen) atoms. The number of carbonyl (C=O) groups is 1. The minimum Gasteiger partial charge on any atom is -0.476 e. The van der Waals surface area contributed by atoms with Crippen LogP contribution in [0.1, 0.15) is 40.2 Å². The number of aromatic carboxylic acids is 1. The van der Waals surface area contributed by atoms with Gasteiger partial charge in [0.1, 0.15) is 0 Å². The molecule has 0 spiro atoms. The Labute approximate surface area is 121 Å². The number of hydrogen-bond acceptors (Lipinski definition) is 3. The quantitative estimate of drug-likeness (QED) is 0.916. The Kier molecular flexibility index (Phi) is 3.33. The van der Waals surface area contributed by atoms with Gasteiger partial charge in [0.15, 0.2) is 0 Å². The van der Waals surface area contributed by atoms with Gasteiger partial charge in [-0.25, -0.2) is 9.48 Å². The van der Waals surface area contributed by atoms with E-state index in [-0.39, 0.29) is 0 Å². The van der Waals surface area contributed by atoms with E-state index in [0.717, 1.165) is 24.9 Å². The summed E-state index contributed by atoms with van der Waals surface area (Å²) in [7, 11) is 0. The van der Waals surface area contributed by atoms with Crippen molar-refractivity contribution in [2.45, 2.75) is 32.6 Å². The van der Waals surface area contributed by atoms with E-state index >= 15 is 0 Å². The average molecular weight is 284 g/mol. The highest BCUT2D eigenvalue weighted by Gasteiger charge is 2.18. The third-order valence-electron chi connectivity index (χ3n) is 3.91. The first-order chi connectivity index (χ1) is 10.1. The minimum absolute atomic E-state index is 0.436. The summed E-state index contributed by atoms with van der Waals surface area (Å²) in [5.74, 6) is -1.29. The Morgan fingerprint density at radius 2 is 2.05 bits per heavy atom. The summed E-state index contributed by atoms with van der Waals surface area (Å²) in [6.07, 6.45) is 4.29. The van der Waals surface area contributed by atoms with Gasteiger partial charge in [-0.15, -0.1) is 0 Å². The second-order valence-corrected chi connectivity index (χ2v) is 5.34. The van der Waals surface area contributed by atoms with Crippen LogP contribution < -0.4 is 5.43 Å². The van der Waals surface area contributed by atoms with Crippen molar-refractivity contribution in [3.63, 3.8) is 0 Å². The molecule has 0 saturated heterocycles. The van der Waals surface area contributed by atoms with E-state index in [0.29, 0.717) is 5.69 Å². The van der Waals surface area contributed by atoms with Crippen LogP contribution in [0, 0.1) is 6.92 Å². The second-order valence-electron chi connectivity index (χ2n) is 5.34. The molecule has 0 aliphatic heterocycles. The molecule has 1 N–H and O–H groups in total. The maximum absolute atomic E-state index is 11.7. The van der Waals surface area contributed by atoms with Crippen LogP contribution in [0.3, 0.4) is 0 Å². The summed E-state index contributed by atoms with van der Waals surface area (Å²) in [6.45, 7) is 1.77. The Hall–Kier alpha value is -2.43. The van der Waals surface area contributed by atoms with Gasteiger partial charge in [0, 0.05) is 11.8 Å². The molecule has 5 nitrogen and oxygen atoms in total. The first-order valence-corrected chi connectivity index (χ1v) is 7.03. The summed E-state index contributed by atoms with van der Waals surface area (Å²) < 4.78 is 1.58. The van der Waals surface area contributed by atoms with Crippen molar-refractivity contribution >= 4 is 5.97 Å². The van der Waals surface area contributed by atoms with Gasteiger partial charge in [0.2, 0.25) is 11.1 Å². The Balaban J connectivity index is 2.24. The Bertz CT molecular complexity index is 778. The van der Waals surface area contributed by atoms with E-state index < -0.39 is 17.1 Å². The largest absolute Gasteiger partial charge is 0.476 e. The fourth-order valence-corrected chi connectivity index (χ4v) is 2.90. The van der Waals surface area contributed by atoms with Crippen molar-refractivity contribution in [2.24, 2.45) is 0 Å². The number of fused-ring (bicyclic) bond motifs is 1. The van der Waals surface area contributed by atoms with E-state index in [4.69, 9.17) is 5.11 Å².